The normalized spacial score (nSPS) is 22.3. The average Bonchev–Trinajstić information content (AvgIpc) is 2.81. The number of hydrogen-bond donors (Lipinski definition) is 3. The standard InChI is InChI=1S/C27H44N4O4/c1-18(2)28-27(34)29-22-11-12-24-23(13-22)26(33)31(20(4)17-32)14-19(3)25(35-24)16-30(5)15-21-9-7-6-8-10-21/h11-13,18-21,25,32H,6-10,14-17H2,1-5H3,(H2,28,29,34)/t19-,20-,25+/m1/s1. The van der Waals surface area contributed by atoms with Crippen molar-refractivity contribution in [2.75, 3.05) is 38.6 Å². The number of ether oxygens (including phenoxy) is 1. The zero-order valence-electron chi connectivity index (χ0n) is 22.0. The lowest BCUT2D eigenvalue weighted by molar-refractivity contribution is 0.0330. The Kier molecular flexibility index (Phi) is 9.80. The number of carbonyl (C=O) groups excluding carboxylic acids is 2. The van der Waals surface area contributed by atoms with Gasteiger partial charge in [-0.3, -0.25) is 4.79 Å². The Hall–Kier alpha value is -2.32. The maximum absolute atomic E-state index is 13.5. The molecule has 3 N–H and O–H groups in total. The number of benzene rings is 1. The summed E-state index contributed by atoms with van der Waals surface area (Å²) in [5, 5.41) is 15.4. The van der Waals surface area contributed by atoms with E-state index in [2.05, 4.69) is 29.5 Å². The highest BCUT2D eigenvalue weighted by molar-refractivity contribution is 5.99. The molecule has 8 nitrogen and oxygen atoms in total. The summed E-state index contributed by atoms with van der Waals surface area (Å²) in [6.07, 6.45) is 6.48. The van der Waals surface area contributed by atoms with E-state index in [1.807, 2.05) is 20.8 Å². The molecular weight excluding hydrogens is 444 g/mol. The molecule has 2 aliphatic rings. The van der Waals surface area contributed by atoms with E-state index in [0.29, 0.717) is 23.5 Å². The van der Waals surface area contributed by atoms with Gasteiger partial charge in [-0.25, -0.2) is 4.79 Å². The first kappa shape index (κ1) is 27.3. The molecule has 1 aliphatic heterocycles. The molecule has 0 unspecified atom stereocenters. The molecule has 0 aromatic heterocycles. The summed E-state index contributed by atoms with van der Waals surface area (Å²) >= 11 is 0. The number of nitrogens with one attached hydrogen (secondary N) is 2. The van der Waals surface area contributed by atoms with Gasteiger partial charge in [0, 0.05) is 37.3 Å². The number of aliphatic hydroxyl groups excluding tert-OH is 1. The molecule has 3 rings (SSSR count). The molecule has 1 saturated carbocycles. The number of rotatable bonds is 8. The van der Waals surface area contributed by atoms with Crippen molar-refractivity contribution in [3.8, 4) is 5.75 Å². The second kappa shape index (κ2) is 12.6. The molecule has 0 radical (unpaired) electrons. The summed E-state index contributed by atoms with van der Waals surface area (Å²) in [5.41, 5.74) is 0.925. The first-order valence-corrected chi connectivity index (χ1v) is 13.2. The Morgan fingerprint density at radius 2 is 1.91 bits per heavy atom. The number of anilines is 1. The molecule has 0 bridgehead atoms. The molecule has 0 spiro atoms. The minimum Gasteiger partial charge on any atom is -0.488 e. The number of amides is 3. The zero-order valence-corrected chi connectivity index (χ0v) is 22.0. The van der Waals surface area contributed by atoms with Crippen LogP contribution >= 0.6 is 0 Å². The summed E-state index contributed by atoms with van der Waals surface area (Å²) in [6.45, 7) is 9.95. The van der Waals surface area contributed by atoms with Crippen LogP contribution in [0.25, 0.3) is 0 Å². The van der Waals surface area contributed by atoms with Gasteiger partial charge in [0.15, 0.2) is 0 Å². The number of aliphatic hydroxyl groups is 1. The number of likely N-dealkylation sites (N-methyl/N-ethyl adjacent to an activating group) is 1. The van der Waals surface area contributed by atoms with Crippen LogP contribution in [0.3, 0.4) is 0 Å². The lowest BCUT2D eigenvalue weighted by Crippen LogP contribution is -2.50. The van der Waals surface area contributed by atoms with Gasteiger partial charge >= 0.3 is 6.03 Å². The number of hydrogen-bond acceptors (Lipinski definition) is 5. The topological polar surface area (TPSA) is 94.1 Å². The highest BCUT2D eigenvalue weighted by atomic mass is 16.5. The van der Waals surface area contributed by atoms with Crippen LogP contribution in [-0.2, 0) is 0 Å². The van der Waals surface area contributed by atoms with E-state index >= 15 is 0 Å². The summed E-state index contributed by atoms with van der Waals surface area (Å²) < 4.78 is 6.49. The van der Waals surface area contributed by atoms with E-state index in [9.17, 15) is 14.7 Å². The summed E-state index contributed by atoms with van der Waals surface area (Å²) in [4.78, 5) is 29.8. The van der Waals surface area contributed by atoms with Gasteiger partial charge in [-0.2, -0.15) is 0 Å². The number of fused-ring (bicyclic) bond motifs is 1. The molecule has 8 heteroatoms. The number of urea groups is 1. The van der Waals surface area contributed by atoms with Crippen LogP contribution in [0.4, 0.5) is 10.5 Å². The van der Waals surface area contributed by atoms with Crippen LogP contribution in [0.1, 0.15) is 70.2 Å². The molecule has 1 aliphatic carbocycles. The second-order valence-electron chi connectivity index (χ2n) is 10.8. The van der Waals surface area contributed by atoms with E-state index in [1.54, 1.807) is 23.1 Å². The van der Waals surface area contributed by atoms with E-state index in [-0.39, 0.29) is 42.7 Å². The summed E-state index contributed by atoms with van der Waals surface area (Å²) in [5.74, 6) is 1.14. The molecule has 1 aromatic rings. The van der Waals surface area contributed by atoms with Gasteiger partial charge in [-0.05, 0) is 64.8 Å². The van der Waals surface area contributed by atoms with Gasteiger partial charge in [0.1, 0.15) is 11.9 Å². The van der Waals surface area contributed by atoms with Gasteiger partial charge in [0.05, 0.1) is 18.2 Å². The minimum atomic E-state index is -0.324. The highest BCUT2D eigenvalue weighted by Gasteiger charge is 2.34. The molecule has 0 saturated heterocycles. The fraction of sp³-hybridized carbons (Fsp3) is 0.704. The van der Waals surface area contributed by atoms with Crippen molar-refractivity contribution in [2.24, 2.45) is 11.8 Å². The van der Waals surface area contributed by atoms with E-state index in [4.69, 9.17) is 4.74 Å². The molecule has 3 amide bonds. The van der Waals surface area contributed by atoms with Crippen molar-refractivity contribution in [3.63, 3.8) is 0 Å². The van der Waals surface area contributed by atoms with Crippen molar-refractivity contribution in [1.82, 2.24) is 15.1 Å². The average molecular weight is 489 g/mol. The largest absolute Gasteiger partial charge is 0.488 e. The first-order chi connectivity index (χ1) is 16.7. The Morgan fingerprint density at radius 3 is 2.57 bits per heavy atom. The van der Waals surface area contributed by atoms with Crippen molar-refractivity contribution in [3.05, 3.63) is 23.8 Å². The van der Waals surface area contributed by atoms with Gasteiger partial charge in [-0.1, -0.05) is 26.2 Å². The Bertz CT molecular complexity index is 856. The number of carbonyl (C=O) groups is 2. The monoisotopic (exact) mass is 488 g/mol. The molecule has 196 valence electrons. The first-order valence-electron chi connectivity index (χ1n) is 13.2. The summed E-state index contributed by atoms with van der Waals surface area (Å²) in [6, 6.07) is 4.56. The smallest absolute Gasteiger partial charge is 0.319 e. The van der Waals surface area contributed by atoms with Gasteiger partial charge < -0.3 is 30.3 Å². The number of nitrogens with zero attached hydrogens (tertiary/aromatic N) is 2. The predicted octanol–water partition coefficient (Wildman–Crippen LogP) is 3.95. The lowest BCUT2D eigenvalue weighted by atomic mass is 9.89. The molecule has 1 fully saturated rings. The van der Waals surface area contributed by atoms with E-state index in [1.165, 1.54) is 32.1 Å². The van der Waals surface area contributed by atoms with Gasteiger partial charge in [0.25, 0.3) is 5.91 Å². The van der Waals surface area contributed by atoms with Crippen LogP contribution in [0.15, 0.2) is 18.2 Å². The van der Waals surface area contributed by atoms with Gasteiger partial charge in [-0.15, -0.1) is 0 Å². The molecule has 3 atom stereocenters. The lowest BCUT2D eigenvalue weighted by Gasteiger charge is -2.38. The zero-order chi connectivity index (χ0) is 25.5. The Balaban J connectivity index is 1.83. The third-order valence-corrected chi connectivity index (χ3v) is 7.13. The summed E-state index contributed by atoms with van der Waals surface area (Å²) in [7, 11) is 2.16. The van der Waals surface area contributed by atoms with Gasteiger partial charge in [0.2, 0.25) is 0 Å². The fourth-order valence-corrected chi connectivity index (χ4v) is 5.14. The van der Waals surface area contributed by atoms with Crippen LogP contribution in [0.5, 0.6) is 5.75 Å². The highest BCUT2D eigenvalue weighted by Crippen LogP contribution is 2.31. The Morgan fingerprint density at radius 1 is 1.20 bits per heavy atom. The van der Waals surface area contributed by atoms with Crippen LogP contribution in [0.2, 0.25) is 0 Å². The maximum Gasteiger partial charge on any atom is 0.319 e. The van der Waals surface area contributed by atoms with E-state index in [0.717, 1.165) is 19.0 Å². The Labute approximate surface area is 210 Å². The predicted molar refractivity (Wildman–Crippen MR) is 139 cm³/mol. The van der Waals surface area contributed by atoms with Crippen LogP contribution in [0, 0.1) is 11.8 Å². The molecular formula is C27H44N4O4. The third kappa shape index (κ3) is 7.58. The SMILES string of the molecule is CC(C)NC(=O)Nc1ccc2c(c1)C(=O)N([C@H](C)CO)C[C@@H](C)[C@H](CN(C)CC1CCCCC1)O2. The van der Waals surface area contributed by atoms with Crippen molar-refractivity contribution >= 4 is 17.6 Å². The maximum atomic E-state index is 13.5. The van der Waals surface area contributed by atoms with Crippen molar-refractivity contribution in [1.29, 1.82) is 0 Å². The van der Waals surface area contributed by atoms with Crippen molar-refractivity contribution < 1.29 is 19.4 Å². The molecule has 1 aromatic carbocycles. The van der Waals surface area contributed by atoms with Crippen molar-refractivity contribution in [2.45, 2.75) is 78.0 Å². The molecule has 35 heavy (non-hydrogen) atoms. The van der Waals surface area contributed by atoms with E-state index < -0.39 is 0 Å². The second-order valence-corrected chi connectivity index (χ2v) is 10.8. The molecule has 1 heterocycles. The fourth-order valence-electron chi connectivity index (χ4n) is 5.14. The third-order valence-electron chi connectivity index (χ3n) is 7.13. The minimum absolute atomic E-state index is 0.00181. The quantitative estimate of drug-likeness (QED) is 0.515. The van der Waals surface area contributed by atoms with Crippen LogP contribution in [-0.4, -0.2) is 78.3 Å². The van der Waals surface area contributed by atoms with Crippen LogP contribution < -0.4 is 15.4 Å².